The summed E-state index contributed by atoms with van der Waals surface area (Å²) in [6.07, 6.45) is 6.03. The van der Waals surface area contributed by atoms with Crippen molar-refractivity contribution in [2.45, 2.75) is 63.7 Å². The minimum atomic E-state index is -3.30. The topological polar surface area (TPSA) is 37.3 Å². The van der Waals surface area contributed by atoms with Crippen molar-refractivity contribution in [2.24, 2.45) is 5.92 Å². The molecule has 2 nitrogen and oxygen atoms in total. The Labute approximate surface area is 130 Å². The maximum absolute atomic E-state index is 13.7. The number of benzene rings is 1. The third-order valence-corrected chi connectivity index (χ3v) is 4.72. The summed E-state index contributed by atoms with van der Waals surface area (Å²) in [7, 11) is 0. The smallest absolute Gasteiger partial charge is 0.309 e. The van der Waals surface area contributed by atoms with E-state index < -0.39 is 18.3 Å². The van der Waals surface area contributed by atoms with Gasteiger partial charge in [-0.3, -0.25) is 4.79 Å². The highest BCUT2D eigenvalue weighted by molar-refractivity contribution is 5.68. The summed E-state index contributed by atoms with van der Waals surface area (Å²) in [5, 5.41) is 8.56. The second-order valence-electron chi connectivity index (χ2n) is 6.40. The van der Waals surface area contributed by atoms with E-state index in [1.54, 1.807) is 12.1 Å². The molecule has 0 unspecified atom stereocenters. The van der Waals surface area contributed by atoms with E-state index in [2.05, 4.69) is 6.92 Å². The van der Waals surface area contributed by atoms with Gasteiger partial charge < -0.3 is 5.11 Å². The Hall–Kier alpha value is -1.45. The molecule has 0 saturated heterocycles. The van der Waals surface area contributed by atoms with Crippen molar-refractivity contribution in [3.8, 4) is 0 Å². The molecule has 1 aromatic carbocycles. The highest BCUT2D eigenvalue weighted by Crippen LogP contribution is 2.38. The maximum Gasteiger partial charge on any atom is 0.309 e. The van der Waals surface area contributed by atoms with E-state index in [1.165, 1.54) is 37.8 Å². The van der Waals surface area contributed by atoms with Crippen LogP contribution in [0.1, 0.15) is 68.9 Å². The number of hydrogen-bond donors (Lipinski definition) is 1. The normalized spacial score (nSPS) is 22.5. The van der Waals surface area contributed by atoms with Gasteiger partial charge in [-0.15, -0.1) is 0 Å². The first-order chi connectivity index (χ1) is 10.4. The fourth-order valence-corrected chi connectivity index (χ4v) is 3.48. The van der Waals surface area contributed by atoms with Crippen LogP contribution in [0.25, 0.3) is 0 Å². The molecule has 0 spiro atoms. The molecule has 1 aromatic rings. The summed E-state index contributed by atoms with van der Waals surface area (Å²) in [6.45, 7) is 2.21. The van der Waals surface area contributed by atoms with Crippen LogP contribution in [0.2, 0.25) is 0 Å². The third-order valence-electron chi connectivity index (χ3n) is 4.72. The Morgan fingerprint density at radius 3 is 2.27 bits per heavy atom. The molecule has 0 bridgehead atoms. The zero-order valence-electron chi connectivity index (χ0n) is 13.0. The average molecular weight is 310 g/mol. The van der Waals surface area contributed by atoms with Crippen molar-refractivity contribution in [3.05, 3.63) is 35.4 Å². The minimum Gasteiger partial charge on any atom is -0.481 e. The highest BCUT2D eigenvalue weighted by atomic mass is 19.3. The molecule has 22 heavy (non-hydrogen) atoms. The van der Waals surface area contributed by atoms with Crippen LogP contribution in [0, 0.1) is 5.92 Å². The van der Waals surface area contributed by atoms with Gasteiger partial charge in [0.05, 0.1) is 0 Å². The molecule has 0 radical (unpaired) electrons. The van der Waals surface area contributed by atoms with Gasteiger partial charge in [0.15, 0.2) is 0 Å². The molecule has 0 heterocycles. The van der Waals surface area contributed by atoms with Crippen LogP contribution in [0.15, 0.2) is 24.3 Å². The Balaban J connectivity index is 1.99. The van der Waals surface area contributed by atoms with E-state index in [9.17, 15) is 13.6 Å². The molecule has 0 amide bonds. The van der Waals surface area contributed by atoms with Crippen molar-refractivity contribution in [1.29, 1.82) is 0 Å². The van der Waals surface area contributed by atoms with E-state index in [1.807, 2.05) is 0 Å². The van der Waals surface area contributed by atoms with Crippen LogP contribution in [0.4, 0.5) is 8.78 Å². The van der Waals surface area contributed by atoms with Gasteiger partial charge in [-0.2, -0.15) is 0 Å². The van der Waals surface area contributed by atoms with Crippen LogP contribution in [-0.4, -0.2) is 11.1 Å². The molecule has 0 atom stereocenters. The molecule has 1 aliphatic rings. The summed E-state index contributed by atoms with van der Waals surface area (Å²) in [6, 6.07) is 6.26. The number of rotatable bonds is 6. The Morgan fingerprint density at radius 2 is 1.77 bits per heavy atom. The molecule has 2 rings (SSSR count). The Morgan fingerprint density at radius 1 is 1.18 bits per heavy atom. The van der Waals surface area contributed by atoms with Crippen molar-refractivity contribution >= 4 is 5.97 Å². The van der Waals surface area contributed by atoms with Crippen LogP contribution in [0.5, 0.6) is 0 Å². The second-order valence-corrected chi connectivity index (χ2v) is 6.40. The Bertz CT molecular complexity index is 488. The molecular weight excluding hydrogens is 286 g/mol. The van der Waals surface area contributed by atoms with Gasteiger partial charge in [0.1, 0.15) is 6.42 Å². The monoisotopic (exact) mass is 310 g/mol. The lowest BCUT2D eigenvalue weighted by molar-refractivity contribution is -0.145. The van der Waals surface area contributed by atoms with Crippen LogP contribution >= 0.6 is 0 Å². The van der Waals surface area contributed by atoms with Gasteiger partial charge in [0.25, 0.3) is 5.92 Å². The van der Waals surface area contributed by atoms with E-state index >= 15 is 0 Å². The zero-order chi connectivity index (χ0) is 16.2. The predicted octanol–water partition coefficient (Wildman–Crippen LogP) is 5.33. The maximum atomic E-state index is 13.7. The van der Waals surface area contributed by atoms with Crippen LogP contribution in [-0.2, 0) is 10.7 Å². The first-order valence-electron chi connectivity index (χ1n) is 8.12. The molecule has 1 aliphatic carbocycles. The molecule has 122 valence electrons. The standard InChI is InChI=1S/C18H24F2O2/c1-2-3-13-4-6-14(7-5-13)15-8-10-16(11-9-15)18(19,20)12-17(21)22/h8-11,13-14H,2-7,12H2,1H3,(H,21,22)/t13-,14-. The molecule has 0 aromatic heterocycles. The lowest BCUT2D eigenvalue weighted by atomic mass is 9.77. The SMILES string of the molecule is CCC[C@H]1CC[C@H](c2ccc(C(F)(F)CC(=O)O)cc2)CC1. The van der Waals surface area contributed by atoms with Crippen LogP contribution < -0.4 is 0 Å². The van der Waals surface area contributed by atoms with E-state index in [-0.39, 0.29) is 5.56 Å². The summed E-state index contributed by atoms with van der Waals surface area (Å²) in [5.74, 6) is -3.51. The van der Waals surface area contributed by atoms with Gasteiger partial charge in [-0.05, 0) is 43.1 Å². The Kier molecular flexibility index (Phi) is 5.54. The van der Waals surface area contributed by atoms with E-state index in [0.717, 1.165) is 24.3 Å². The summed E-state index contributed by atoms with van der Waals surface area (Å²) in [4.78, 5) is 10.5. The molecular formula is C18H24F2O2. The number of alkyl halides is 2. The largest absolute Gasteiger partial charge is 0.481 e. The summed E-state index contributed by atoms with van der Waals surface area (Å²) in [5.41, 5.74) is 0.892. The fourth-order valence-electron chi connectivity index (χ4n) is 3.48. The van der Waals surface area contributed by atoms with Crippen molar-refractivity contribution in [2.75, 3.05) is 0 Å². The number of carboxylic acids is 1. The molecule has 1 saturated carbocycles. The summed E-state index contributed by atoms with van der Waals surface area (Å²) >= 11 is 0. The molecule has 1 fully saturated rings. The van der Waals surface area contributed by atoms with Gasteiger partial charge in [0, 0.05) is 5.56 Å². The van der Waals surface area contributed by atoms with Crippen molar-refractivity contribution in [3.63, 3.8) is 0 Å². The first-order valence-corrected chi connectivity index (χ1v) is 8.12. The second kappa shape index (κ2) is 7.21. The van der Waals surface area contributed by atoms with Crippen LogP contribution in [0.3, 0.4) is 0 Å². The number of aliphatic carboxylic acids is 1. The fraction of sp³-hybridized carbons (Fsp3) is 0.611. The van der Waals surface area contributed by atoms with Gasteiger partial charge in [-0.1, -0.05) is 44.0 Å². The van der Waals surface area contributed by atoms with E-state index in [0.29, 0.717) is 5.92 Å². The lowest BCUT2D eigenvalue weighted by Crippen LogP contribution is -2.18. The minimum absolute atomic E-state index is 0.210. The predicted molar refractivity (Wildman–Crippen MR) is 82.2 cm³/mol. The number of carbonyl (C=O) groups is 1. The third kappa shape index (κ3) is 4.28. The molecule has 1 N–H and O–H groups in total. The van der Waals surface area contributed by atoms with Gasteiger partial charge >= 0.3 is 5.97 Å². The molecule has 0 aliphatic heterocycles. The highest BCUT2D eigenvalue weighted by Gasteiger charge is 2.34. The quantitative estimate of drug-likeness (QED) is 0.771. The number of carboxylic acid groups (broad SMARTS) is 1. The number of hydrogen-bond acceptors (Lipinski definition) is 1. The van der Waals surface area contributed by atoms with Crippen molar-refractivity contribution in [1.82, 2.24) is 0 Å². The lowest BCUT2D eigenvalue weighted by Gasteiger charge is -2.29. The first kappa shape index (κ1) is 16.9. The van der Waals surface area contributed by atoms with Gasteiger partial charge in [-0.25, -0.2) is 8.78 Å². The van der Waals surface area contributed by atoms with Crippen molar-refractivity contribution < 1.29 is 18.7 Å². The van der Waals surface area contributed by atoms with Gasteiger partial charge in [0.2, 0.25) is 0 Å². The zero-order valence-corrected chi connectivity index (χ0v) is 13.0. The number of halogens is 2. The molecule has 4 heteroatoms. The average Bonchev–Trinajstić information content (AvgIpc) is 2.47. The summed E-state index contributed by atoms with van der Waals surface area (Å²) < 4.78 is 27.5. The van der Waals surface area contributed by atoms with E-state index in [4.69, 9.17) is 5.11 Å².